The average molecular weight is 188 g/mol. The predicted octanol–water partition coefficient (Wildman–Crippen LogP) is 1.81. The van der Waals surface area contributed by atoms with Crippen LogP contribution in [0.2, 0.25) is 0 Å². The van der Waals surface area contributed by atoms with Gasteiger partial charge in [0.1, 0.15) is 0 Å². The Morgan fingerprint density at radius 1 is 1.78 bits per heavy atom. The molecule has 0 fully saturated rings. The highest BCUT2D eigenvalue weighted by molar-refractivity contribution is 9.11. The van der Waals surface area contributed by atoms with E-state index >= 15 is 0 Å². The third kappa shape index (κ3) is 1.95. The van der Waals surface area contributed by atoms with Crippen LogP contribution in [0.15, 0.2) is 22.7 Å². The molecular formula is C7H10BrN. The van der Waals surface area contributed by atoms with Crippen molar-refractivity contribution < 1.29 is 0 Å². The van der Waals surface area contributed by atoms with E-state index in [2.05, 4.69) is 46.4 Å². The lowest BCUT2D eigenvalue weighted by atomic mass is 10.3. The number of hydrogen-bond acceptors (Lipinski definition) is 1. The molecule has 9 heavy (non-hydrogen) atoms. The molecule has 1 N–H and O–H groups in total. The first-order chi connectivity index (χ1) is 4.30. The molecule has 50 valence electrons. The molecule has 0 aromatic carbocycles. The van der Waals surface area contributed by atoms with Crippen molar-refractivity contribution in [3.05, 3.63) is 22.7 Å². The maximum atomic E-state index is 3.45. The van der Waals surface area contributed by atoms with Crippen LogP contribution in [0.25, 0.3) is 0 Å². The molecule has 0 aromatic rings. The van der Waals surface area contributed by atoms with Crippen LogP contribution in [0.5, 0.6) is 0 Å². The molecule has 0 saturated heterocycles. The molecule has 0 aliphatic carbocycles. The van der Waals surface area contributed by atoms with Crippen LogP contribution in [0.3, 0.4) is 0 Å². The van der Waals surface area contributed by atoms with E-state index < -0.39 is 0 Å². The van der Waals surface area contributed by atoms with Gasteiger partial charge in [0.15, 0.2) is 0 Å². The molecule has 1 unspecified atom stereocenters. The van der Waals surface area contributed by atoms with E-state index in [9.17, 15) is 0 Å². The van der Waals surface area contributed by atoms with E-state index in [0.29, 0.717) is 6.04 Å². The highest BCUT2D eigenvalue weighted by Gasteiger charge is 2.03. The van der Waals surface area contributed by atoms with Crippen molar-refractivity contribution in [1.82, 2.24) is 5.32 Å². The summed E-state index contributed by atoms with van der Waals surface area (Å²) in [4.78, 5) is 0. The van der Waals surface area contributed by atoms with Crippen molar-refractivity contribution in [3.63, 3.8) is 0 Å². The van der Waals surface area contributed by atoms with E-state index in [0.717, 1.165) is 6.54 Å². The van der Waals surface area contributed by atoms with E-state index in [4.69, 9.17) is 0 Å². The monoisotopic (exact) mass is 187 g/mol. The summed E-state index contributed by atoms with van der Waals surface area (Å²) in [5.74, 6) is 0. The maximum Gasteiger partial charge on any atom is 0.0360 e. The third-order valence-corrected chi connectivity index (χ3v) is 2.30. The van der Waals surface area contributed by atoms with Gasteiger partial charge in [0.25, 0.3) is 0 Å². The highest BCUT2D eigenvalue weighted by Crippen LogP contribution is 2.11. The topological polar surface area (TPSA) is 12.0 Å². The largest absolute Gasteiger partial charge is 0.306 e. The Balaban J connectivity index is 2.63. The summed E-state index contributed by atoms with van der Waals surface area (Å²) in [5, 5.41) is 3.29. The van der Waals surface area contributed by atoms with Crippen molar-refractivity contribution in [2.75, 3.05) is 6.54 Å². The minimum Gasteiger partial charge on any atom is -0.306 e. The SMILES string of the molecule is CC1NCC=CC=C1Br. The van der Waals surface area contributed by atoms with E-state index in [-0.39, 0.29) is 0 Å². The zero-order valence-electron chi connectivity index (χ0n) is 5.39. The lowest BCUT2D eigenvalue weighted by molar-refractivity contribution is 0.684. The molecule has 1 aliphatic heterocycles. The summed E-state index contributed by atoms with van der Waals surface area (Å²) in [6, 6.07) is 0.458. The van der Waals surface area contributed by atoms with Crippen LogP contribution in [0.4, 0.5) is 0 Å². The standard InChI is InChI=1S/C7H10BrN/c1-6-7(8)4-2-3-5-9-6/h2-4,6,9H,5H2,1H3. The second-order valence-corrected chi connectivity index (χ2v) is 3.03. The van der Waals surface area contributed by atoms with E-state index in [1.807, 2.05) is 0 Å². The van der Waals surface area contributed by atoms with Crippen LogP contribution >= 0.6 is 15.9 Å². The first kappa shape index (κ1) is 7.03. The number of rotatable bonds is 0. The van der Waals surface area contributed by atoms with Gasteiger partial charge in [-0.05, 0) is 6.92 Å². The van der Waals surface area contributed by atoms with Crippen LogP contribution in [0, 0.1) is 0 Å². The molecule has 0 saturated carbocycles. The third-order valence-electron chi connectivity index (χ3n) is 1.35. The van der Waals surface area contributed by atoms with Gasteiger partial charge < -0.3 is 5.32 Å². The number of hydrogen-bond donors (Lipinski definition) is 1. The van der Waals surface area contributed by atoms with Crippen LogP contribution in [0.1, 0.15) is 6.92 Å². The van der Waals surface area contributed by atoms with Crippen LogP contribution < -0.4 is 5.32 Å². The van der Waals surface area contributed by atoms with Crippen molar-refractivity contribution in [1.29, 1.82) is 0 Å². The Morgan fingerprint density at radius 2 is 2.56 bits per heavy atom. The van der Waals surface area contributed by atoms with Crippen LogP contribution in [-0.2, 0) is 0 Å². The fraction of sp³-hybridized carbons (Fsp3) is 0.429. The van der Waals surface area contributed by atoms with Gasteiger partial charge in [-0.1, -0.05) is 34.2 Å². The minimum atomic E-state index is 0.458. The maximum absolute atomic E-state index is 3.45. The molecule has 1 rings (SSSR count). The zero-order valence-corrected chi connectivity index (χ0v) is 6.98. The lowest BCUT2D eigenvalue weighted by Gasteiger charge is -2.08. The van der Waals surface area contributed by atoms with Gasteiger partial charge in [-0.3, -0.25) is 0 Å². The molecule has 0 radical (unpaired) electrons. The van der Waals surface area contributed by atoms with Gasteiger partial charge >= 0.3 is 0 Å². The van der Waals surface area contributed by atoms with Crippen molar-refractivity contribution >= 4 is 15.9 Å². The number of nitrogens with one attached hydrogen (secondary N) is 1. The fourth-order valence-corrected chi connectivity index (χ4v) is 1.03. The molecule has 0 bridgehead atoms. The second kappa shape index (κ2) is 3.18. The summed E-state index contributed by atoms with van der Waals surface area (Å²) in [6.45, 7) is 3.10. The molecule has 0 spiro atoms. The number of halogens is 1. The molecule has 2 heteroatoms. The number of allylic oxidation sites excluding steroid dienone is 2. The van der Waals surface area contributed by atoms with Crippen molar-refractivity contribution in [3.8, 4) is 0 Å². The average Bonchev–Trinajstić information content (AvgIpc) is 1.99. The van der Waals surface area contributed by atoms with Gasteiger partial charge in [-0.2, -0.15) is 0 Å². The summed E-state index contributed by atoms with van der Waals surface area (Å²) in [6.07, 6.45) is 6.23. The molecule has 0 aromatic heterocycles. The van der Waals surface area contributed by atoms with Gasteiger partial charge in [0.05, 0.1) is 0 Å². The van der Waals surface area contributed by atoms with Crippen molar-refractivity contribution in [2.24, 2.45) is 0 Å². The zero-order chi connectivity index (χ0) is 6.69. The Labute approximate surface area is 64.0 Å². The smallest absolute Gasteiger partial charge is 0.0360 e. The summed E-state index contributed by atoms with van der Waals surface area (Å²) in [7, 11) is 0. The summed E-state index contributed by atoms with van der Waals surface area (Å²) in [5.41, 5.74) is 0. The summed E-state index contributed by atoms with van der Waals surface area (Å²) >= 11 is 3.45. The molecular weight excluding hydrogens is 178 g/mol. The molecule has 1 nitrogen and oxygen atoms in total. The molecule has 1 heterocycles. The van der Waals surface area contributed by atoms with Gasteiger partial charge in [0.2, 0.25) is 0 Å². The Morgan fingerprint density at radius 3 is 3.33 bits per heavy atom. The van der Waals surface area contributed by atoms with Gasteiger partial charge in [-0.25, -0.2) is 0 Å². The normalized spacial score (nSPS) is 27.3. The Kier molecular flexibility index (Phi) is 2.49. The van der Waals surface area contributed by atoms with Crippen molar-refractivity contribution in [2.45, 2.75) is 13.0 Å². The quantitative estimate of drug-likeness (QED) is 0.611. The molecule has 1 atom stereocenters. The summed E-state index contributed by atoms with van der Waals surface area (Å²) < 4.78 is 1.22. The Hall–Kier alpha value is -0.0800. The highest BCUT2D eigenvalue weighted by atomic mass is 79.9. The second-order valence-electron chi connectivity index (χ2n) is 2.11. The Bertz CT molecular complexity index is 149. The van der Waals surface area contributed by atoms with Gasteiger partial charge in [-0.15, -0.1) is 0 Å². The first-order valence-electron chi connectivity index (χ1n) is 3.06. The molecule has 1 aliphatic rings. The van der Waals surface area contributed by atoms with Crippen LogP contribution in [-0.4, -0.2) is 12.6 Å². The lowest BCUT2D eigenvalue weighted by Crippen LogP contribution is -2.24. The minimum absolute atomic E-state index is 0.458. The van der Waals surface area contributed by atoms with Gasteiger partial charge in [0, 0.05) is 17.1 Å². The molecule has 0 amide bonds. The fourth-order valence-electron chi connectivity index (χ4n) is 0.715. The van der Waals surface area contributed by atoms with E-state index in [1.165, 1.54) is 4.48 Å². The first-order valence-corrected chi connectivity index (χ1v) is 3.85. The van der Waals surface area contributed by atoms with E-state index in [1.54, 1.807) is 0 Å². The predicted molar refractivity (Wildman–Crippen MR) is 43.6 cm³/mol.